The van der Waals surface area contributed by atoms with Crippen molar-refractivity contribution in [2.24, 2.45) is 0 Å². The molecule has 0 aliphatic rings. The second-order valence-electron chi connectivity index (χ2n) is 19.1. The number of fused-ring (bicyclic) bond motifs is 10. The summed E-state index contributed by atoms with van der Waals surface area (Å²) in [6, 6.07) is 71.7. The number of hydrogen-bond donors (Lipinski definition) is 0. The second-order valence-corrected chi connectivity index (χ2v) is 29.2. The number of nitrogens with zero attached hydrogens (tertiary/aromatic N) is 2. The summed E-state index contributed by atoms with van der Waals surface area (Å²) in [7, 11) is -2.97. The summed E-state index contributed by atoms with van der Waals surface area (Å²) in [4.78, 5) is 4.77. The first-order chi connectivity index (χ1) is 30.5. The number of hydrogen-bond acceptors (Lipinski definition) is 3. The van der Waals surface area contributed by atoms with Crippen LogP contribution in [0.15, 0.2) is 199 Å². The van der Waals surface area contributed by atoms with E-state index < -0.39 is 16.1 Å². The lowest BCUT2D eigenvalue weighted by Crippen LogP contribution is -2.37. The third kappa shape index (κ3) is 6.89. The van der Waals surface area contributed by atoms with Crippen LogP contribution >= 0.6 is 0 Å². The molecule has 11 rings (SSSR count). The molecule has 0 fully saturated rings. The Hall–Kier alpha value is -6.93. The summed E-state index contributed by atoms with van der Waals surface area (Å²) in [5, 5.41) is 14.7. The molecule has 0 N–H and O–H groups in total. The Bertz CT molecular complexity index is 3540. The molecule has 0 amide bonds. The first-order valence-corrected chi connectivity index (χ1v) is 29.1. The Kier molecular flexibility index (Phi) is 9.19. The zero-order valence-corrected chi connectivity index (χ0v) is 38.8. The van der Waals surface area contributed by atoms with E-state index in [1.807, 2.05) is 0 Å². The van der Waals surface area contributed by atoms with Crippen LogP contribution < -0.4 is 20.2 Å². The fourth-order valence-corrected chi connectivity index (χ4v) is 11.8. The van der Waals surface area contributed by atoms with Crippen molar-refractivity contribution in [2.45, 2.75) is 39.3 Å². The Labute approximate surface area is 371 Å². The normalized spacial score (nSPS) is 12.3. The highest BCUT2D eigenvalue weighted by atomic mass is 28.3. The number of anilines is 6. The maximum atomic E-state index is 7.10. The molecule has 3 nitrogen and oxygen atoms in total. The van der Waals surface area contributed by atoms with E-state index in [9.17, 15) is 0 Å². The topological polar surface area (TPSA) is 19.6 Å². The molecule has 0 aliphatic heterocycles. The van der Waals surface area contributed by atoms with Gasteiger partial charge in [-0.05, 0) is 117 Å². The summed E-state index contributed by atoms with van der Waals surface area (Å²) in [6.45, 7) is 14.4. The molecule has 0 saturated heterocycles. The lowest BCUT2D eigenvalue weighted by atomic mass is 9.96. The van der Waals surface area contributed by atoms with Crippen molar-refractivity contribution in [3.05, 3.63) is 194 Å². The van der Waals surface area contributed by atoms with Crippen LogP contribution in [0.2, 0.25) is 39.3 Å². The lowest BCUT2D eigenvalue weighted by Gasteiger charge is -2.27. The van der Waals surface area contributed by atoms with E-state index in [0.717, 1.165) is 61.4 Å². The highest BCUT2D eigenvalue weighted by Gasteiger charge is 2.23. The maximum Gasteiger partial charge on any atom is 0.143 e. The van der Waals surface area contributed by atoms with Crippen molar-refractivity contribution < 1.29 is 4.42 Å². The molecule has 0 spiro atoms. The van der Waals surface area contributed by atoms with Gasteiger partial charge < -0.3 is 14.2 Å². The summed E-state index contributed by atoms with van der Waals surface area (Å²) in [6.07, 6.45) is 0. The van der Waals surface area contributed by atoms with Crippen molar-refractivity contribution in [2.75, 3.05) is 9.80 Å². The van der Waals surface area contributed by atoms with E-state index in [0.29, 0.717) is 0 Å². The van der Waals surface area contributed by atoms with Crippen LogP contribution in [0.5, 0.6) is 0 Å². The van der Waals surface area contributed by atoms with Crippen LogP contribution in [0.1, 0.15) is 0 Å². The molecule has 1 heterocycles. The van der Waals surface area contributed by atoms with E-state index in [1.54, 1.807) is 0 Å². The van der Waals surface area contributed by atoms with Gasteiger partial charge in [-0.1, -0.05) is 159 Å². The van der Waals surface area contributed by atoms with Crippen molar-refractivity contribution in [1.82, 2.24) is 0 Å². The van der Waals surface area contributed by atoms with Gasteiger partial charge in [-0.3, -0.25) is 0 Å². The maximum absolute atomic E-state index is 7.10. The minimum Gasteiger partial charge on any atom is -0.455 e. The van der Waals surface area contributed by atoms with Gasteiger partial charge in [0.15, 0.2) is 0 Å². The van der Waals surface area contributed by atoms with Crippen LogP contribution in [0.4, 0.5) is 34.1 Å². The molecule has 63 heavy (non-hydrogen) atoms. The van der Waals surface area contributed by atoms with Crippen molar-refractivity contribution >= 4 is 126 Å². The Morgan fingerprint density at radius 1 is 0.317 bits per heavy atom. The van der Waals surface area contributed by atoms with Gasteiger partial charge in [0.25, 0.3) is 0 Å². The average Bonchev–Trinajstić information content (AvgIpc) is 3.68. The summed E-state index contributed by atoms with van der Waals surface area (Å²) in [5.41, 5.74) is 8.44. The molecule has 10 aromatic carbocycles. The monoisotopic (exact) mass is 846 g/mol. The minimum absolute atomic E-state index is 0.869. The van der Waals surface area contributed by atoms with Crippen molar-refractivity contribution in [1.29, 1.82) is 0 Å². The van der Waals surface area contributed by atoms with E-state index in [-0.39, 0.29) is 0 Å². The number of rotatable bonds is 8. The molecule has 1 aromatic heterocycles. The van der Waals surface area contributed by atoms with Crippen LogP contribution in [-0.4, -0.2) is 16.1 Å². The smallest absolute Gasteiger partial charge is 0.143 e. The average molecular weight is 847 g/mol. The number of furan rings is 1. The third-order valence-electron chi connectivity index (χ3n) is 12.9. The SMILES string of the molecule is C[Si](C)(C)c1ccc(N(c2ccc3ccccc3c2)c2ccc3c(c2)oc2c4ccc(N(c5ccc([Si](C)(C)C)cc5)c5ccc6ccccc6c5)cc4c4ccccc4c32)cc1. The quantitative estimate of drug-likeness (QED) is 0.112. The van der Waals surface area contributed by atoms with Gasteiger partial charge in [0, 0.05) is 56.3 Å². The molecule has 0 radical (unpaired) electrons. The molecule has 0 atom stereocenters. The molecule has 0 saturated carbocycles. The summed E-state index contributed by atoms with van der Waals surface area (Å²) < 4.78 is 7.10. The molecular formula is C58H50N2OSi2. The molecular weight excluding hydrogens is 797 g/mol. The highest BCUT2D eigenvalue weighted by Crippen LogP contribution is 2.46. The predicted octanol–water partition coefficient (Wildman–Crippen LogP) is 16.2. The van der Waals surface area contributed by atoms with Crippen molar-refractivity contribution in [3.63, 3.8) is 0 Å². The van der Waals surface area contributed by atoms with E-state index >= 15 is 0 Å². The minimum atomic E-state index is -1.49. The molecule has 306 valence electrons. The highest BCUT2D eigenvalue weighted by molar-refractivity contribution is 6.89. The lowest BCUT2D eigenvalue weighted by molar-refractivity contribution is 0.673. The molecule has 0 unspecified atom stereocenters. The first kappa shape index (κ1) is 39.0. The fraction of sp³-hybridized carbons (Fsp3) is 0.103. The van der Waals surface area contributed by atoms with Gasteiger partial charge in [-0.2, -0.15) is 0 Å². The van der Waals surface area contributed by atoms with Gasteiger partial charge in [0.1, 0.15) is 11.2 Å². The zero-order valence-electron chi connectivity index (χ0n) is 36.8. The van der Waals surface area contributed by atoms with Gasteiger partial charge in [-0.25, -0.2) is 0 Å². The van der Waals surface area contributed by atoms with E-state index in [4.69, 9.17) is 4.42 Å². The fourth-order valence-electron chi connectivity index (χ4n) is 9.46. The Morgan fingerprint density at radius 2 is 0.730 bits per heavy atom. The van der Waals surface area contributed by atoms with E-state index in [2.05, 4.69) is 243 Å². The molecule has 5 heteroatoms. The summed E-state index contributed by atoms with van der Waals surface area (Å²) >= 11 is 0. The standard InChI is InChI=1S/C58H50N2OSi2/c1-62(2,3)49-29-23-43(24-30-49)59(45-21-19-39-13-7-9-15-41(39)35-45)47-27-33-53-55(37-47)51-17-11-12-18-52(51)57-54-34-28-48(38-56(54)61-58(53)57)60(44-25-31-50(32-26-44)63(4,5)6)46-22-20-40-14-8-10-16-42(40)36-46/h7-38H,1-6H3. The molecule has 11 aromatic rings. The Balaban J connectivity index is 1.09. The van der Waals surface area contributed by atoms with Crippen LogP contribution in [0.25, 0.3) is 65.0 Å². The van der Waals surface area contributed by atoms with Crippen LogP contribution in [0, 0.1) is 0 Å². The van der Waals surface area contributed by atoms with Crippen LogP contribution in [-0.2, 0) is 0 Å². The molecule has 0 aliphatic carbocycles. The predicted molar refractivity (Wildman–Crippen MR) is 279 cm³/mol. The van der Waals surface area contributed by atoms with Gasteiger partial charge in [-0.15, -0.1) is 0 Å². The van der Waals surface area contributed by atoms with Gasteiger partial charge >= 0.3 is 0 Å². The van der Waals surface area contributed by atoms with Gasteiger partial charge in [0.05, 0.1) is 16.1 Å². The number of benzene rings is 10. The zero-order chi connectivity index (χ0) is 43.0. The van der Waals surface area contributed by atoms with Gasteiger partial charge in [0.2, 0.25) is 0 Å². The van der Waals surface area contributed by atoms with Crippen molar-refractivity contribution in [3.8, 4) is 0 Å². The largest absolute Gasteiger partial charge is 0.455 e. The van der Waals surface area contributed by atoms with Crippen LogP contribution in [0.3, 0.4) is 0 Å². The third-order valence-corrected chi connectivity index (χ3v) is 17.0. The summed E-state index contributed by atoms with van der Waals surface area (Å²) in [5.74, 6) is 0. The van der Waals surface area contributed by atoms with E-state index in [1.165, 1.54) is 48.1 Å². The second kappa shape index (κ2) is 14.9. The Morgan fingerprint density at radius 3 is 1.25 bits per heavy atom. The molecule has 0 bridgehead atoms. The first-order valence-electron chi connectivity index (χ1n) is 22.1.